The molecular formula is C19H22N6O2. The SMILES string of the molecule is Cc1nc([C@@H]2CCCN(C(=O)Nc3c(-c4ccccc4)cnn3C)C2)no1. The van der Waals surface area contributed by atoms with E-state index in [-0.39, 0.29) is 11.9 Å². The van der Waals surface area contributed by atoms with Crippen LogP contribution in [-0.4, -0.2) is 43.9 Å². The van der Waals surface area contributed by atoms with Crippen molar-refractivity contribution in [2.75, 3.05) is 18.4 Å². The Labute approximate surface area is 157 Å². The molecule has 0 saturated carbocycles. The zero-order valence-corrected chi connectivity index (χ0v) is 15.4. The first-order valence-electron chi connectivity index (χ1n) is 9.05. The van der Waals surface area contributed by atoms with Crippen molar-refractivity contribution >= 4 is 11.8 Å². The molecule has 1 aromatic carbocycles. The molecule has 0 spiro atoms. The molecule has 1 aliphatic heterocycles. The molecular weight excluding hydrogens is 344 g/mol. The number of likely N-dealkylation sites (tertiary alicyclic amines) is 1. The number of amides is 2. The van der Waals surface area contributed by atoms with Gasteiger partial charge in [-0.25, -0.2) is 4.79 Å². The van der Waals surface area contributed by atoms with Crippen LogP contribution in [0.1, 0.15) is 30.5 Å². The average Bonchev–Trinajstić information content (AvgIpc) is 3.29. The van der Waals surface area contributed by atoms with Crippen LogP contribution in [0.5, 0.6) is 0 Å². The van der Waals surface area contributed by atoms with E-state index in [0.29, 0.717) is 30.6 Å². The predicted octanol–water partition coefficient (Wildman–Crippen LogP) is 3.19. The summed E-state index contributed by atoms with van der Waals surface area (Å²) >= 11 is 0. The molecule has 1 atom stereocenters. The first-order chi connectivity index (χ1) is 13.1. The molecule has 27 heavy (non-hydrogen) atoms. The lowest BCUT2D eigenvalue weighted by molar-refractivity contribution is 0.190. The van der Waals surface area contributed by atoms with Crippen LogP contribution >= 0.6 is 0 Å². The lowest BCUT2D eigenvalue weighted by Crippen LogP contribution is -2.42. The third kappa shape index (κ3) is 3.55. The van der Waals surface area contributed by atoms with Crippen LogP contribution in [0.3, 0.4) is 0 Å². The minimum absolute atomic E-state index is 0.0991. The second kappa shape index (κ2) is 7.22. The van der Waals surface area contributed by atoms with Crippen LogP contribution in [0.2, 0.25) is 0 Å². The Kier molecular flexibility index (Phi) is 4.62. The van der Waals surface area contributed by atoms with E-state index in [1.165, 1.54) is 0 Å². The molecule has 2 aromatic heterocycles. The maximum Gasteiger partial charge on any atom is 0.323 e. The van der Waals surface area contributed by atoms with E-state index in [1.54, 1.807) is 17.8 Å². The predicted molar refractivity (Wildman–Crippen MR) is 100 cm³/mol. The minimum Gasteiger partial charge on any atom is -0.340 e. The Morgan fingerprint density at radius 3 is 2.85 bits per heavy atom. The highest BCUT2D eigenvalue weighted by Gasteiger charge is 2.28. The number of urea groups is 1. The molecule has 0 aliphatic carbocycles. The number of piperidine rings is 1. The molecule has 1 aliphatic rings. The standard InChI is InChI=1S/C19H22N6O2/c1-13-21-17(23-27-13)15-9-6-10-25(12-15)19(26)22-18-16(11-20-24(18)2)14-7-4-3-5-8-14/h3-5,7-8,11,15H,6,9-10,12H2,1-2H3,(H,22,26)/t15-/m1/s1. The fourth-order valence-corrected chi connectivity index (χ4v) is 3.45. The highest BCUT2D eigenvalue weighted by Crippen LogP contribution is 2.29. The molecule has 140 valence electrons. The minimum atomic E-state index is -0.138. The summed E-state index contributed by atoms with van der Waals surface area (Å²) in [6, 6.07) is 9.77. The molecule has 3 aromatic rings. The van der Waals surface area contributed by atoms with E-state index in [2.05, 4.69) is 20.6 Å². The van der Waals surface area contributed by atoms with Crippen LogP contribution in [0.25, 0.3) is 11.1 Å². The van der Waals surface area contributed by atoms with Gasteiger partial charge in [-0.3, -0.25) is 10.00 Å². The summed E-state index contributed by atoms with van der Waals surface area (Å²) in [6.45, 7) is 3.05. The first kappa shape index (κ1) is 17.3. The first-order valence-corrected chi connectivity index (χ1v) is 9.05. The Bertz CT molecular complexity index is 933. The van der Waals surface area contributed by atoms with Gasteiger partial charge >= 0.3 is 6.03 Å². The molecule has 0 bridgehead atoms. The van der Waals surface area contributed by atoms with Crippen LogP contribution < -0.4 is 5.32 Å². The van der Waals surface area contributed by atoms with Gasteiger partial charge in [0.2, 0.25) is 5.89 Å². The molecule has 2 amide bonds. The van der Waals surface area contributed by atoms with Crippen molar-refractivity contribution in [2.45, 2.75) is 25.7 Å². The van der Waals surface area contributed by atoms with Gasteiger partial charge in [-0.1, -0.05) is 35.5 Å². The quantitative estimate of drug-likeness (QED) is 0.769. The summed E-state index contributed by atoms with van der Waals surface area (Å²) in [5.74, 6) is 2.01. The molecule has 1 fully saturated rings. The van der Waals surface area contributed by atoms with Crippen LogP contribution in [-0.2, 0) is 7.05 Å². The van der Waals surface area contributed by atoms with E-state index in [1.807, 2.05) is 42.3 Å². The summed E-state index contributed by atoms with van der Waals surface area (Å²) in [7, 11) is 1.82. The van der Waals surface area contributed by atoms with Gasteiger partial charge in [0.15, 0.2) is 5.82 Å². The van der Waals surface area contributed by atoms with E-state index >= 15 is 0 Å². The zero-order valence-electron chi connectivity index (χ0n) is 15.4. The fraction of sp³-hybridized carbons (Fsp3) is 0.368. The van der Waals surface area contributed by atoms with Crippen LogP contribution in [0.4, 0.5) is 10.6 Å². The van der Waals surface area contributed by atoms with E-state index < -0.39 is 0 Å². The monoisotopic (exact) mass is 366 g/mol. The number of carbonyl (C=O) groups excluding carboxylic acids is 1. The van der Waals surface area contributed by atoms with Crippen LogP contribution in [0, 0.1) is 6.92 Å². The van der Waals surface area contributed by atoms with Crippen molar-refractivity contribution in [3.05, 3.63) is 48.2 Å². The number of nitrogens with zero attached hydrogens (tertiary/aromatic N) is 5. The Morgan fingerprint density at radius 2 is 2.11 bits per heavy atom. The van der Waals surface area contributed by atoms with Crippen molar-refractivity contribution in [3.8, 4) is 11.1 Å². The number of rotatable bonds is 3. The molecule has 0 unspecified atom stereocenters. The van der Waals surface area contributed by atoms with Gasteiger partial charge in [0.1, 0.15) is 5.82 Å². The highest BCUT2D eigenvalue weighted by atomic mass is 16.5. The summed E-state index contributed by atoms with van der Waals surface area (Å²) in [5.41, 5.74) is 1.91. The van der Waals surface area contributed by atoms with Gasteiger partial charge in [-0.05, 0) is 18.4 Å². The van der Waals surface area contributed by atoms with Crippen molar-refractivity contribution in [1.29, 1.82) is 0 Å². The summed E-state index contributed by atoms with van der Waals surface area (Å²) in [4.78, 5) is 19.0. The maximum absolute atomic E-state index is 12.9. The van der Waals surface area contributed by atoms with E-state index in [4.69, 9.17) is 4.52 Å². The second-order valence-electron chi connectivity index (χ2n) is 6.78. The molecule has 1 saturated heterocycles. The lowest BCUT2D eigenvalue weighted by Gasteiger charge is -2.31. The van der Waals surface area contributed by atoms with Crippen molar-refractivity contribution in [1.82, 2.24) is 24.8 Å². The van der Waals surface area contributed by atoms with Gasteiger partial charge in [-0.15, -0.1) is 0 Å². The number of hydrogen-bond donors (Lipinski definition) is 1. The van der Waals surface area contributed by atoms with Gasteiger partial charge in [-0.2, -0.15) is 10.1 Å². The zero-order chi connectivity index (χ0) is 18.8. The maximum atomic E-state index is 12.9. The van der Waals surface area contributed by atoms with Gasteiger partial charge in [0.05, 0.1) is 6.20 Å². The Balaban J connectivity index is 1.50. The fourth-order valence-electron chi connectivity index (χ4n) is 3.45. The number of carbonyl (C=O) groups is 1. The average molecular weight is 366 g/mol. The van der Waals surface area contributed by atoms with Gasteiger partial charge in [0, 0.05) is 38.5 Å². The molecule has 1 N–H and O–H groups in total. The molecule has 8 nitrogen and oxygen atoms in total. The molecule has 8 heteroatoms. The van der Waals surface area contributed by atoms with Gasteiger partial charge < -0.3 is 9.42 Å². The number of benzene rings is 1. The molecule has 0 radical (unpaired) electrons. The largest absolute Gasteiger partial charge is 0.340 e. The third-order valence-electron chi connectivity index (χ3n) is 4.87. The van der Waals surface area contributed by atoms with Crippen molar-refractivity contribution in [2.24, 2.45) is 7.05 Å². The Hall–Kier alpha value is -3.16. The summed E-state index contributed by atoms with van der Waals surface area (Å²) < 4.78 is 6.77. The van der Waals surface area contributed by atoms with Gasteiger partial charge in [0.25, 0.3) is 0 Å². The van der Waals surface area contributed by atoms with Crippen LogP contribution in [0.15, 0.2) is 41.1 Å². The third-order valence-corrected chi connectivity index (χ3v) is 4.87. The number of aromatic nitrogens is 4. The van der Waals surface area contributed by atoms with Crippen molar-refractivity contribution in [3.63, 3.8) is 0 Å². The second-order valence-corrected chi connectivity index (χ2v) is 6.78. The normalized spacial score (nSPS) is 17.1. The smallest absolute Gasteiger partial charge is 0.323 e. The molecule has 3 heterocycles. The molecule has 4 rings (SSSR count). The Morgan fingerprint density at radius 1 is 1.30 bits per heavy atom. The summed E-state index contributed by atoms with van der Waals surface area (Å²) in [5, 5.41) is 11.4. The summed E-state index contributed by atoms with van der Waals surface area (Å²) in [6.07, 6.45) is 3.62. The lowest BCUT2D eigenvalue weighted by atomic mass is 9.98. The highest BCUT2D eigenvalue weighted by molar-refractivity contribution is 5.93. The number of hydrogen-bond acceptors (Lipinski definition) is 5. The topological polar surface area (TPSA) is 89.1 Å². The van der Waals surface area contributed by atoms with Crippen molar-refractivity contribution < 1.29 is 9.32 Å². The number of aryl methyl sites for hydroxylation is 2. The van der Waals surface area contributed by atoms with E-state index in [9.17, 15) is 4.79 Å². The number of nitrogens with one attached hydrogen (secondary N) is 1. The number of anilines is 1. The van der Waals surface area contributed by atoms with E-state index in [0.717, 1.165) is 24.0 Å².